The standard InChI is InChI=1S/C15H23FN2O.ClH/c1-4-9-15(3,17)14(19)18(5-2)11-12-7-6-8-13(16)10-12;/h6-8,10H,4-5,9,11,17H2,1-3H3;1H. The van der Waals surface area contributed by atoms with E-state index in [-0.39, 0.29) is 24.1 Å². The molecule has 0 bridgehead atoms. The van der Waals surface area contributed by atoms with Gasteiger partial charge >= 0.3 is 0 Å². The van der Waals surface area contributed by atoms with Crippen molar-refractivity contribution < 1.29 is 9.18 Å². The average Bonchev–Trinajstić information content (AvgIpc) is 2.35. The van der Waals surface area contributed by atoms with Crippen LogP contribution < -0.4 is 5.73 Å². The Labute approximate surface area is 126 Å². The van der Waals surface area contributed by atoms with Crippen LogP contribution in [0, 0.1) is 5.82 Å². The number of carbonyl (C=O) groups excluding carboxylic acids is 1. The minimum Gasteiger partial charge on any atom is -0.337 e. The molecule has 1 unspecified atom stereocenters. The molecule has 0 aliphatic heterocycles. The molecule has 0 aliphatic rings. The minimum absolute atomic E-state index is 0. The van der Waals surface area contributed by atoms with Gasteiger partial charge in [-0.05, 0) is 38.0 Å². The van der Waals surface area contributed by atoms with Gasteiger partial charge in [-0.1, -0.05) is 25.5 Å². The summed E-state index contributed by atoms with van der Waals surface area (Å²) in [5.74, 6) is -0.369. The molecule has 2 N–H and O–H groups in total. The molecule has 20 heavy (non-hydrogen) atoms. The maximum absolute atomic E-state index is 13.1. The van der Waals surface area contributed by atoms with Gasteiger partial charge in [-0.15, -0.1) is 12.4 Å². The first-order valence-electron chi connectivity index (χ1n) is 6.73. The summed E-state index contributed by atoms with van der Waals surface area (Å²) in [6.45, 7) is 6.61. The highest BCUT2D eigenvalue weighted by Gasteiger charge is 2.31. The first-order valence-corrected chi connectivity index (χ1v) is 6.73. The van der Waals surface area contributed by atoms with E-state index in [1.807, 2.05) is 19.9 Å². The smallest absolute Gasteiger partial charge is 0.242 e. The van der Waals surface area contributed by atoms with Crippen LogP contribution in [0.1, 0.15) is 39.2 Å². The van der Waals surface area contributed by atoms with Crippen LogP contribution in [0.2, 0.25) is 0 Å². The number of nitrogens with two attached hydrogens (primary N) is 1. The Morgan fingerprint density at radius 3 is 2.55 bits per heavy atom. The fourth-order valence-electron chi connectivity index (χ4n) is 2.17. The zero-order valence-electron chi connectivity index (χ0n) is 12.4. The molecule has 1 aromatic rings. The number of amides is 1. The molecule has 0 fully saturated rings. The summed E-state index contributed by atoms with van der Waals surface area (Å²) < 4.78 is 13.1. The fourth-order valence-corrected chi connectivity index (χ4v) is 2.17. The lowest BCUT2D eigenvalue weighted by molar-refractivity contribution is -0.137. The zero-order chi connectivity index (χ0) is 14.5. The molecule has 0 aliphatic carbocycles. The maximum atomic E-state index is 13.1. The Balaban J connectivity index is 0.00000361. The van der Waals surface area contributed by atoms with Crippen LogP contribution in [0.25, 0.3) is 0 Å². The van der Waals surface area contributed by atoms with Crippen molar-refractivity contribution in [3.05, 3.63) is 35.6 Å². The third-order valence-corrected chi connectivity index (χ3v) is 3.19. The van der Waals surface area contributed by atoms with Gasteiger partial charge in [0, 0.05) is 13.1 Å². The lowest BCUT2D eigenvalue weighted by Crippen LogP contribution is -2.52. The lowest BCUT2D eigenvalue weighted by Gasteiger charge is -2.31. The summed E-state index contributed by atoms with van der Waals surface area (Å²) in [5.41, 5.74) is 6.00. The lowest BCUT2D eigenvalue weighted by atomic mass is 9.95. The zero-order valence-corrected chi connectivity index (χ0v) is 13.2. The Bertz CT molecular complexity index is 438. The number of hydrogen-bond acceptors (Lipinski definition) is 2. The topological polar surface area (TPSA) is 46.3 Å². The van der Waals surface area contributed by atoms with Crippen molar-refractivity contribution in [3.63, 3.8) is 0 Å². The maximum Gasteiger partial charge on any atom is 0.242 e. The van der Waals surface area contributed by atoms with Crippen LogP contribution in [0.3, 0.4) is 0 Å². The highest BCUT2D eigenvalue weighted by molar-refractivity contribution is 5.85. The SMILES string of the molecule is CCCC(C)(N)C(=O)N(CC)Cc1cccc(F)c1.Cl. The molecular formula is C15H24ClFN2O. The summed E-state index contributed by atoms with van der Waals surface area (Å²) in [7, 11) is 0. The molecule has 1 aromatic carbocycles. The minimum atomic E-state index is -0.849. The molecule has 0 saturated carbocycles. The van der Waals surface area contributed by atoms with Crippen molar-refractivity contribution in [2.75, 3.05) is 6.54 Å². The summed E-state index contributed by atoms with van der Waals surface area (Å²) >= 11 is 0. The van der Waals surface area contributed by atoms with Crippen molar-refractivity contribution in [3.8, 4) is 0 Å². The largest absolute Gasteiger partial charge is 0.337 e. The van der Waals surface area contributed by atoms with E-state index in [1.165, 1.54) is 12.1 Å². The quantitative estimate of drug-likeness (QED) is 0.877. The summed E-state index contributed by atoms with van der Waals surface area (Å²) in [5, 5.41) is 0. The number of rotatable bonds is 6. The van der Waals surface area contributed by atoms with Gasteiger partial charge in [-0.3, -0.25) is 4.79 Å². The number of hydrogen-bond donors (Lipinski definition) is 1. The second kappa shape index (κ2) is 8.22. The second-order valence-electron chi connectivity index (χ2n) is 5.12. The first kappa shape index (κ1) is 18.9. The number of nitrogens with zero attached hydrogens (tertiary/aromatic N) is 1. The molecule has 5 heteroatoms. The van der Waals surface area contributed by atoms with E-state index in [9.17, 15) is 9.18 Å². The van der Waals surface area contributed by atoms with Crippen LogP contribution in [0.4, 0.5) is 4.39 Å². The van der Waals surface area contributed by atoms with Gasteiger partial charge in [0.1, 0.15) is 5.82 Å². The van der Waals surface area contributed by atoms with E-state index in [0.29, 0.717) is 19.5 Å². The average molecular weight is 303 g/mol. The molecular weight excluding hydrogens is 279 g/mol. The third kappa shape index (κ3) is 5.10. The molecule has 0 spiro atoms. The van der Waals surface area contributed by atoms with Crippen LogP contribution in [-0.4, -0.2) is 22.9 Å². The normalized spacial score (nSPS) is 13.2. The number of carbonyl (C=O) groups is 1. The monoisotopic (exact) mass is 302 g/mol. The fraction of sp³-hybridized carbons (Fsp3) is 0.533. The van der Waals surface area contributed by atoms with Crippen LogP contribution in [0.15, 0.2) is 24.3 Å². The highest BCUT2D eigenvalue weighted by Crippen LogP contribution is 2.15. The Hall–Kier alpha value is -1.13. The van der Waals surface area contributed by atoms with Crippen molar-refractivity contribution in [1.29, 1.82) is 0 Å². The summed E-state index contributed by atoms with van der Waals surface area (Å²) in [4.78, 5) is 14.1. The second-order valence-corrected chi connectivity index (χ2v) is 5.12. The van der Waals surface area contributed by atoms with Gasteiger partial charge in [0.2, 0.25) is 5.91 Å². The Kier molecular flexibility index (Phi) is 7.76. The molecule has 0 radical (unpaired) electrons. The van der Waals surface area contributed by atoms with Gasteiger partial charge in [0.15, 0.2) is 0 Å². The molecule has 0 saturated heterocycles. The molecule has 0 heterocycles. The van der Waals surface area contributed by atoms with Gasteiger partial charge < -0.3 is 10.6 Å². The van der Waals surface area contributed by atoms with E-state index in [1.54, 1.807) is 17.9 Å². The van der Waals surface area contributed by atoms with Crippen molar-refractivity contribution in [1.82, 2.24) is 4.90 Å². The van der Waals surface area contributed by atoms with E-state index in [4.69, 9.17) is 5.73 Å². The van der Waals surface area contributed by atoms with E-state index in [2.05, 4.69) is 0 Å². The van der Waals surface area contributed by atoms with E-state index in [0.717, 1.165) is 12.0 Å². The van der Waals surface area contributed by atoms with Gasteiger partial charge in [-0.25, -0.2) is 4.39 Å². The molecule has 1 rings (SSSR count). The molecule has 0 aromatic heterocycles. The number of benzene rings is 1. The predicted octanol–water partition coefficient (Wildman–Crippen LogP) is 3.11. The molecule has 114 valence electrons. The van der Waals surface area contributed by atoms with Crippen LogP contribution in [0.5, 0.6) is 0 Å². The summed E-state index contributed by atoms with van der Waals surface area (Å²) in [6, 6.07) is 6.30. The number of likely N-dealkylation sites (N-methyl/N-ethyl adjacent to an activating group) is 1. The molecule has 1 atom stereocenters. The predicted molar refractivity (Wildman–Crippen MR) is 82.2 cm³/mol. The van der Waals surface area contributed by atoms with Gasteiger partial charge in [0.25, 0.3) is 0 Å². The Morgan fingerprint density at radius 2 is 2.05 bits per heavy atom. The Morgan fingerprint density at radius 1 is 1.40 bits per heavy atom. The summed E-state index contributed by atoms with van der Waals surface area (Å²) in [6.07, 6.45) is 1.50. The van der Waals surface area contributed by atoms with E-state index < -0.39 is 5.54 Å². The van der Waals surface area contributed by atoms with Crippen molar-refractivity contribution >= 4 is 18.3 Å². The highest BCUT2D eigenvalue weighted by atomic mass is 35.5. The van der Waals surface area contributed by atoms with Crippen molar-refractivity contribution in [2.45, 2.75) is 45.7 Å². The van der Waals surface area contributed by atoms with Crippen LogP contribution >= 0.6 is 12.4 Å². The number of halogens is 2. The van der Waals surface area contributed by atoms with Crippen molar-refractivity contribution in [2.24, 2.45) is 5.73 Å². The first-order chi connectivity index (χ1) is 8.90. The third-order valence-electron chi connectivity index (χ3n) is 3.19. The van der Waals surface area contributed by atoms with Gasteiger partial charge in [-0.2, -0.15) is 0 Å². The molecule has 3 nitrogen and oxygen atoms in total. The molecule has 1 amide bonds. The van der Waals surface area contributed by atoms with Crippen LogP contribution in [-0.2, 0) is 11.3 Å². The van der Waals surface area contributed by atoms with E-state index >= 15 is 0 Å². The van der Waals surface area contributed by atoms with Gasteiger partial charge in [0.05, 0.1) is 5.54 Å².